The van der Waals surface area contributed by atoms with Crippen LogP contribution in [0.3, 0.4) is 0 Å². The third-order valence-corrected chi connectivity index (χ3v) is 2.44. The molecule has 0 aliphatic rings. The summed E-state index contributed by atoms with van der Waals surface area (Å²) in [6.07, 6.45) is 0. The molecular formula is C6H6AgKN3O3S. The van der Waals surface area contributed by atoms with Crippen molar-refractivity contribution in [3.8, 4) is 0 Å². The predicted octanol–water partition coefficient (Wildman–Crippen LogP) is -0.446. The minimum atomic E-state index is -4.15. The number of nitrogens with zero attached hydrogens (tertiary/aromatic N) is 2. The van der Waals surface area contributed by atoms with Gasteiger partial charge in [-0.3, -0.25) is 9.65 Å². The zero-order valence-corrected chi connectivity index (χ0v) is 8.90. The summed E-state index contributed by atoms with van der Waals surface area (Å²) in [5, 5.41) is 9.65. The van der Waals surface area contributed by atoms with Crippen molar-refractivity contribution in [3.05, 3.63) is 18.2 Å². The maximum atomic E-state index is 10.7. The van der Waals surface area contributed by atoms with Crippen LogP contribution in [-0.2, 0) is 32.5 Å². The van der Waals surface area contributed by atoms with Gasteiger partial charge < -0.3 is 0 Å². The fourth-order valence-corrected chi connectivity index (χ4v) is 1.48. The number of hydrogen-bond acceptors (Lipinski definition) is 4. The van der Waals surface area contributed by atoms with Gasteiger partial charge in [-0.05, 0) is 18.2 Å². The molecule has 0 saturated heterocycles. The van der Waals surface area contributed by atoms with Gasteiger partial charge in [0.05, 0.1) is 10.4 Å². The number of aromatic amines is 1. The second kappa shape index (κ2) is 6.01. The number of H-pyrrole nitrogens is 1. The third-order valence-electron chi connectivity index (χ3n) is 1.60. The Kier molecular flexibility index (Phi) is 6.37. The molecule has 6 nitrogen and oxygen atoms in total. The van der Waals surface area contributed by atoms with E-state index in [1.54, 1.807) is 0 Å². The van der Waals surface area contributed by atoms with E-state index in [0.29, 0.717) is 11.0 Å². The predicted molar refractivity (Wildman–Crippen MR) is 50.9 cm³/mol. The summed E-state index contributed by atoms with van der Waals surface area (Å²) in [7, 11) is -4.15. The SMILES string of the molecule is O=S(=O)(O)c1ccc2[nH]nnc2c1.[Ag].[KH]. The summed E-state index contributed by atoms with van der Waals surface area (Å²) in [5.74, 6) is 0. The number of rotatable bonds is 1. The summed E-state index contributed by atoms with van der Waals surface area (Å²) in [6, 6.07) is 4.00. The Bertz CT molecular complexity index is 556. The Balaban J connectivity index is 0.000000980. The van der Waals surface area contributed by atoms with Gasteiger partial charge in [-0.25, -0.2) is 0 Å². The standard InChI is InChI=1S/C6H5N3O3S.Ag.K.H/c10-13(11,12)4-1-2-5-6(3-4)8-9-7-5;;;/h1-3H,(H,7,8,9)(H,10,11,12);;;. The van der Waals surface area contributed by atoms with Crippen molar-refractivity contribution < 1.29 is 35.4 Å². The second-order valence-corrected chi connectivity index (χ2v) is 3.89. The van der Waals surface area contributed by atoms with E-state index in [1.165, 1.54) is 18.2 Å². The summed E-state index contributed by atoms with van der Waals surface area (Å²) in [6.45, 7) is 0. The van der Waals surface area contributed by atoms with Crippen molar-refractivity contribution in [1.29, 1.82) is 0 Å². The Labute approximate surface area is 144 Å². The van der Waals surface area contributed by atoms with Crippen molar-refractivity contribution in [2.75, 3.05) is 0 Å². The van der Waals surface area contributed by atoms with Gasteiger partial charge in [0, 0.05) is 22.4 Å². The van der Waals surface area contributed by atoms with Crippen LogP contribution >= 0.6 is 0 Å². The molecule has 1 radical (unpaired) electrons. The van der Waals surface area contributed by atoms with E-state index in [-0.39, 0.29) is 78.7 Å². The first kappa shape index (κ1) is 15.9. The molecule has 0 fully saturated rings. The second-order valence-electron chi connectivity index (χ2n) is 2.47. The number of fused-ring (bicyclic) bond motifs is 1. The van der Waals surface area contributed by atoms with Crippen LogP contribution in [0.15, 0.2) is 23.1 Å². The van der Waals surface area contributed by atoms with Gasteiger partial charge in [-0.2, -0.15) is 8.42 Å². The van der Waals surface area contributed by atoms with E-state index in [0.717, 1.165) is 0 Å². The fourth-order valence-electron chi connectivity index (χ4n) is 0.982. The molecule has 0 bridgehead atoms. The zero-order chi connectivity index (χ0) is 9.47. The van der Waals surface area contributed by atoms with E-state index in [4.69, 9.17) is 4.55 Å². The third kappa shape index (κ3) is 3.70. The average molecular weight is 347 g/mol. The van der Waals surface area contributed by atoms with Crippen molar-refractivity contribution in [2.45, 2.75) is 4.90 Å². The maximum absolute atomic E-state index is 10.7. The van der Waals surface area contributed by atoms with Gasteiger partial charge in [0.1, 0.15) is 5.52 Å². The summed E-state index contributed by atoms with van der Waals surface area (Å²) >= 11 is 0. The van der Waals surface area contributed by atoms with E-state index in [9.17, 15) is 8.42 Å². The van der Waals surface area contributed by atoms with Crippen molar-refractivity contribution in [1.82, 2.24) is 15.4 Å². The topological polar surface area (TPSA) is 95.9 Å². The number of aromatic nitrogens is 3. The molecular weight excluding hydrogens is 341 g/mol. The van der Waals surface area contributed by atoms with Crippen LogP contribution < -0.4 is 0 Å². The van der Waals surface area contributed by atoms with Crippen molar-refractivity contribution in [3.63, 3.8) is 0 Å². The molecule has 81 valence electrons. The molecule has 2 N–H and O–H groups in total. The van der Waals surface area contributed by atoms with Crippen LogP contribution in [0.1, 0.15) is 0 Å². The average Bonchev–Trinajstić information content (AvgIpc) is 2.47. The van der Waals surface area contributed by atoms with Crippen molar-refractivity contribution >= 4 is 72.5 Å². The fraction of sp³-hybridized carbons (Fsp3) is 0. The molecule has 2 rings (SSSR count). The normalized spacial score (nSPS) is 10.5. The number of benzene rings is 1. The van der Waals surface area contributed by atoms with Gasteiger partial charge >= 0.3 is 51.4 Å². The summed E-state index contributed by atoms with van der Waals surface area (Å²) in [4.78, 5) is -0.186. The Morgan fingerprint density at radius 3 is 2.60 bits per heavy atom. The molecule has 0 aliphatic carbocycles. The zero-order valence-electron chi connectivity index (χ0n) is 6.60. The molecule has 1 aromatic carbocycles. The van der Waals surface area contributed by atoms with E-state index >= 15 is 0 Å². The van der Waals surface area contributed by atoms with Crippen LogP contribution in [0.25, 0.3) is 11.0 Å². The summed E-state index contributed by atoms with van der Waals surface area (Å²) in [5.41, 5.74) is 1.02. The molecule has 1 aromatic heterocycles. The first-order valence-corrected chi connectivity index (χ1v) is 4.80. The van der Waals surface area contributed by atoms with Gasteiger partial charge in [0.15, 0.2) is 0 Å². The van der Waals surface area contributed by atoms with Gasteiger partial charge in [0.2, 0.25) is 0 Å². The molecule has 1 heterocycles. The molecule has 2 aromatic rings. The minimum absolute atomic E-state index is 0. The molecule has 0 spiro atoms. The summed E-state index contributed by atoms with van der Waals surface area (Å²) < 4.78 is 30.1. The monoisotopic (exact) mass is 346 g/mol. The van der Waals surface area contributed by atoms with Crippen LogP contribution in [0.4, 0.5) is 0 Å². The van der Waals surface area contributed by atoms with Crippen LogP contribution in [-0.4, -0.2) is 79.8 Å². The van der Waals surface area contributed by atoms with Gasteiger partial charge in [-0.1, -0.05) is 5.21 Å². The van der Waals surface area contributed by atoms with E-state index in [2.05, 4.69) is 15.4 Å². The molecule has 0 aliphatic heterocycles. The van der Waals surface area contributed by atoms with Gasteiger partial charge in [-0.15, -0.1) is 5.10 Å². The van der Waals surface area contributed by atoms with Crippen LogP contribution in [0, 0.1) is 0 Å². The molecule has 9 heteroatoms. The van der Waals surface area contributed by atoms with Crippen molar-refractivity contribution in [2.24, 2.45) is 0 Å². The number of hydrogen-bond donors (Lipinski definition) is 2. The van der Waals surface area contributed by atoms with Gasteiger partial charge in [0.25, 0.3) is 10.1 Å². The molecule has 0 amide bonds. The molecule has 0 saturated carbocycles. The molecule has 15 heavy (non-hydrogen) atoms. The van der Waals surface area contributed by atoms with E-state index < -0.39 is 10.1 Å². The first-order chi connectivity index (χ1) is 6.07. The molecule has 0 unspecified atom stereocenters. The first-order valence-electron chi connectivity index (χ1n) is 3.36. The van der Waals surface area contributed by atoms with E-state index in [1.807, 2.05) is 0 Å². The molecule has 0 atom stereocenters. The Morgan fingerprint density at radius 2 is 2.00 bits per heavy atom. The van der Waals surface area contributed by atoms with Crippen LogP contribution in [0.5, 0.6) is 0 Å². The number of nitrogens with one attached hydrogen (secondary N) is 1. The Morgan fingerprint density at radius 1 is 1.33 bits per heavy atom. The Hall–Kier alpha value is 0.907. The quantitative estimate of drug-likeness (QED) is 0.538. The van der Waals surface area contributed by atoms with Crippen LogP contribution in [0.2, 0.25) is 0 Å².